The van der Waals surface area contributed by atoms with E-state index in [1.807, 2.05) is 18.2 Å². The molecule has 0 atom stereocenters. The number of aryl methyl sites for hydroxylation is 1. The van der Waals surface area contributed by atoms with Gasteiger partial charge in [0.2, 0.25) is 0 Å². The van der Waals surface area contributed by atoms with Crippen molar-refractivity contribution in [2.45, 2.75) is 19.3 Å². The quantitative estimate of drug-likeness (QED) is 0.273. The lowest BCUT2D eigenvalue weighted by molar-refractivity contribution is -0.0733. The van der Waals surface area contributed by atoms with Crippen LogP contribution in [0.5, 0.6) is 5.75 Å². The molecule has 0 spiro atoms. The number of carbonyl (C=O) groups excluding carboxylic acids is 1. The van der Waals surface area contributed by atoms with Gasteiger partial charge in [-0.25, -0.2) is 19.9 Å². The van der Waals surface area contributed by atoms with E-state index in [9.17, 15) is 13.6 Å². The Hall–Kier alpha value is -4.52. The van der Waals surface area contributed by atoms with Gasteiger partial charge in [-0.05, 0) is 12.1 Å². The number of alkyl halides is 2. The van der Waals surface area contributed by atoms with Gasteiger partial charge >= 0.3 is 5.92 Å². The van der Waals surface area contributed by atoms with E-state index < -0.39 is 18.2 Å². The zero-order valence-electron chi connectivity index (χ0n) is 22.1. The Morgan fingerprint density at radius 1 is 1.08 bits per heavy atom. The predicted molar refractivity (Wildman–Crippen MR) is 141 cm³/mol. The van der Waals surface area contributed by atoms with Gasteiger partial charge in [0.1, 0.15) is 30.3 Å². The first kappa shape index (κ1) is 27.5. The van der Waals surface area contributed by atoms with Crippen LogP contribution in [-0.2, 0) is 17.7 Å². The Bertz CT molecular complexity index is 1460. The van der Waals surface area contributed by atoms with Crippen LogP contribution in [0.15, 0.2) is 49.2 Å². The minimum atomic E-state index is -3.27. The van der Waals surface area contributed by atoms with Crippen molar-refractivity contribution < 1.29 is 23.0 Å². The molecule has 0 aliphatic rings. The predicted octanol–water partition coefficient (Wildman–Crippen LogP) is 4.52. The van der Waals surface area contributed by atoms with Crippen molar-refractivity contribution >= 4 is 28.8 Å². The highest BCUT2D eigenvalue weighted by molar-refractivity contribution is 6.02. The molecule has 1 N–H and O–H groups in total. The van der Waals surface area contributed by atoms with Gasteiger partial charge in [0.25, 0.3) is 0 Å². The highest BCUT2D eigenvalue weighted by atomic mass is 19.3. The van der Waals surface area contributed by atoms with E-state index in [4.69, 9.17) is 4.74 Å². The van der Waals surface area contributed by atoms with Gasteiger partial charge in [0.05, 0.1) is 42.0 Å². The molecule has 0 amide bonds. The number of halogens is 2. The summed E-state index contributed by atoms with van der Waals surface area (Å²) in [6.07, 6.45) is 5.49. The van der Waals surface area contributed by atoms with E-state index in [1.165, 1.54) is 19.5 Å². The molecular formula is C26H28F2N8O3. The number of pyridine rings is 1. The zero-order valence-corrected chi connectivity index (χ0v) is 22.1. The molecule has 0 aliphatic heterocycles. The molecule has 0 bridgehead atoms. The van der Waals surface area contributed by atoms with Crippen molar-refractivity contribution in [3.8, 4) is 17.1 Å². The number of benzene rings is 1. The molecule has 0 saturated carbocycles. The summed E-state index contributed by atoms with van der Waals surface area (Å²) >= 11 is 0. The van der Waals surface area contributed by atoms with Crippen molar-refractivity contribution in [3.63, 3.8) is 0 Å². The van der Waals surface area contributed by atoms with E-state index in [-0.39, 0.29) is 18.0 Å². The number of nitrogens with one attached hydrogen (secondary N) is 1. The normalized spacial score (nSPS) is 11.4. The molecule has 0 unspecified atom stereocenters. The fourth-order valence-electron chi connectivity index (χ4n) is 3.94. The van der Waals surface area contributed by atoms with Crippen molar-refractivity contribution in [1.29, 1.82) is 0 Å². The van der Waals surface area contributed by atoms with Crippen LogP contribution in [0, 0.1) is 0 Å². The summed E-state index contributed by atoms with van der Waals surface area (Å²) in [6.45, 7) is 0.961. The van der Waals surface area contributed by atoms with Crippen LogP contribution < -0.4 is 15.0 Å². The third-order valence-electron chi connectivity index (χ3n) is 5.87. The van der Waals surface area contributed by atoms with Crippen molar-refractivity contribution in [1.82, 2.24) is 29.7 Å². The Balaban J connectivity index is 1.71. The van der Waals surface area contributed by atoms with Gasteiger partial charge in [0, 0.05) is 39.9 Å². The van der Waals surface area contributed by atoms with Gasteiger partial charge in [0.15, 0.2) is 17.4 Å². The first-order valence-corrected chi connectivity index (χ1v) is 11.9. The van der Waals surface area contributed by atoms with Crippen LogP contribution in [-0.4, -0.2) is 63.4 Å². The standard InChI is InChI=1S/C26H28F2N8O3/c1-6-20(37)17-11-30-22(33-23-13-29-21(12-31-23)26(27,28)14-38-4)10-19(17)36(3)18-9-7-8-16(24(18)39-5)25-32-15-35(2)34-25/h7-13,15H,6,14H2,1-5H3,(H,30,31,33). The average Bonchev–Trinajstić information content (AvgIpc) is 3.38. The number of ketones is 1. The summed E-state index contributed by atoms with van der Waals surface area (Å²) in [7, 11) is 6.31. The second-order valence-corrected chi connectivity index (χ2v) is 8.57. The number of nitrogens with zero attached hydrogens (tertiary/aromatic N) is 7. The van der Waals surface area contributed by atoms with Crippen molar-refractivity contribution in [2.24, 2.45) is 7.05 Å². The van der Waals surface area contributed by atoms with E-state index in [0.29, 0.717) is 39.9 Å². The summed E-state index contributed by atoms with van der Waals surface area (Å²) < 4.78 is 40.0. The molecule has 4 rings (SSSR count). The molecule has 0 saturated heterocycles. The lowest BCUT2D eigenvalue weighted by Crippen LogP contribution is -2.22. The second-order valence-electron chi connectivity index (χ2n) is 8.57. The molecule has 0 radical (unpaired) electrons. The number of aromatic nitrogens is 6. The van der Waals surface area contributed by atoms with Crippen LogP contribution in [0.25, 0.3) is 11.4 Å². The number of Topliss-reactive ketones (excluding diaryl/α,β-unsaturated/α-hetero) is 1. The van der Waals surface area contributed by atoms with E-state index >= 15 is 0 Å². The zero-order chi connectivity index (χ0) is 28.2. The van der Waals surface area contributed by atoms with Gasteiger partial charge in [-0.1, -0.05) is 13.0 Å². The van der Waals surface area contributed by atoms with Gasteiger partial charge < -0.3 is 19.7 Å². The summed E-state index contributed by atoms with van der Waals surface area (Å²) in [4.78, 5) is 31.2. The van der Waals surface area contributed by atoms with Crippen LogP contribution in [0.1, 0.15) is 29.4 Å². The molecule has 0 aliphatic carbocycles. The molecule has 204 valence electrons. The fraction of sp³-hybridized carbons (Fsp3) is 0.308. The van der Waals surface area contributed by atoms with Crippen LogP contribution in [0.4, 0.5) is 31.8 Å². The molecule has 13 heteroatoms. The summed E-state index contributed by atoms with van der Waals surface area (Å²) in [5.41, 5.74) is 1.77. The highest BCUT2D eigenvalue weighted by Gasteiger charge is 2.33. The number of carbonyl (C=O) groups is 1. The summed E-state index contributed by atoms with van der Waals surface area (Å²) in [5.74, 6) is -1.84. The van der Waals surface area contributed by atoms with Gasteiger partial charge in [-0.2, -0.15) is 13.9 Å². The average molecular weight is 539 g/mol. The van der Waals surface area contributed by atoms with E-state index in [0.717, 1.165) is 6.20 Å². The number of para-hydroxylation sites is 1. The van der Waals surface area contributed by atoms with Crippen LogP contribution >= 0.6 is 0 Å². The first-order chi connectivity index (χ1) is 18.7. The van der Waals surface area contributed by atoms with Crippen LogP contribution in [0.2, 0.25) is 0 Å². The lowest BCUT2D eigenvalue weighted by atomic mass is 10.1. The number of methoxy groups -OCH3 is 2. The van der Waals surface area contributed by atoms with Crippen molar-refractivity contribution in [3.05, 3.63) is 60.4 Å². The molecule has 4 aromatic rings. The molecule has 39 heavy (non-hydrogen) atoms. The maximum Gasteiger partial charge on any atom is 0.313 e. The molecule has 3 heterocycles. The molecular weight excluding hydrogens is 510 g/mol. The van der Waals surface area contributed by atoms with E-state index in [1.54, 1.807) is 50.1 Å². The second kappa shape index (κ2) is 11.5. The van der Waals surface area contributed by atoms with Crippen molar-refractivity contribution in [2.75, 3.05) is 38.1 Å². The fourth-order valence-corrected chi connectivity index (χ4v) is 3.94. The Morgan fingerprint density at radius 2 is 1.85 bits per heavy atom. The number of hydrogen-bond donors (Lipinski definition) is 1. The van der Waals surface area contributed by atoms with E-state index in [2.05, 4.69) is 35.1 Å². The Morgan fingerprint density at radius 3 is 2.46 bits per heavy atom. The smallest absolute Gasteiger partial charge is 0.313 e. The van der Waals surface area contributed by atoms with Gasteiger partial charge in [-0.3, -0.25) is 9.48 Å². The molecule has 11 nitrogen and oxygen atoms in total. The number of anilines is 4. The minimum absolute atomic E-state index is 0.109. The number of hydrogen-bond acceptors (Lipinski definition) is 10. The summed E-state index contributed by atoms with van der Waals surface area (Å²) in [5, 5.41) is 7.34. The SMILES string of the molecule is CCC(=O)c1cnc(Nc2cnc(C(F)(F)COC)cn2)cc1N(C)c1cccc(-c2ncn(C)n2)c1OC. The monoisotopic (exact) mass is 538 g/mol. The molecule has 3 aromatic heterocycles. The lowest BCUT2D eigenvalue weighted by Gasteiger charge is -2.25. The van der Waals surface area contributed by atoms with Crippen LogP contribution in [0.3, 0.4) is 0 Å². The Labute approximate surface area is 223 Å². The third-order valence-corrected chi connectivity index (χ3v) is 5.87. The van der Waals surface area contributed by atoms with Gasteiger partial charge in [-0.15, -0.1) is 0 Å². The third kappa shape index (κ3) is 5.82. The first-order valence-electron chi connectivity index (χ1n) is 11.9. The highest BCUT2D eigenvalue weighted by Crippen LogP contribution is 2.41. The summed E-state index contributed by atoms with van der Waals surface area (Å²) in [6, 6.07) is 7.21. The number of ether oxygens (including phenoxy) is 2. The maximum atomic E-state index is 14.1. The largest absolute Gasteiger partial charge is 0.494 e. The molecule has 1 aromatic carbocycles. The maximum absolute atomic E-state index is 14.1. The minimum Gasteiger partial charge on any atom is -0.494 e. The Kier molecular flexibility index (Phi) is 8.10. The topological polar surface area (TPSA) is 120 Å². The molecule has 0 fully saturated rings. The number of rotatable bonds is 11.